The van der Waals surface area contributed by atoms with E-state index in [1.54, 1.807) is 0 Å². The molecule has 1 atom stereocenters. The summed E-state index contributed by atoms with van der Waals surface area (Å²) in [5.74, 6) is 2.35. The number of unbranched alkanes of at least 4 members (excludes halogenated alkanes) is 1. The van der Waals surface area contributed by atoms with E-state index in [0.29, 0.717) is 6.04 Å². The zero-order valence-corrected chi connectivity index (χ0v) is 13.7. The van der Waals surface area contributed by atoms with Crippen molar-refractivity contribution in [3.63, 3.8) is 0 Å². The van der Waals surface area contributed by atoms with Gasteiger partial charge in [0.2, 0.25) is 0 Å². The first-order valence-corrected chi connectivity index (χ1v) is 8.81. The fourth-order valence-corrected chi connectivity index (χ4v) is 3.02. The third-order valence-electron chi connectivity index (χ3n) is 3.10. The third kappa shape index (κ3) is 8.56. The lowest BCUT2D eigenvalue weighted by atomic mass is 10.1. The van der Waals surface area contributed by atoms with Crippen LogP contribution in [0.3, 0.4) is 0 Å². The Bertz CT molecular complexity index is 326. The van der Waals surface area contributed by atoms with Crippen LogP contribution in [0.15, 0.2) is 24.3 Å². The highest BCUT2D eigenvalue weighted by Crippen LogP contribution is 2.17. The zero-order chi connectivity index (χ0) is 13.9. The third-order valence-corrected chi connectivity index (χ3v) is 4.47. The van der Waals surface area contributed by atoms with E-state index in [0.717, 1.165) is 17.3 Å². The fourth-order valence-electron chi connectivity index (χ4n) is 1.92. The van der Waals surface area contributed by atoms with Crippen molar-refractivity contribution in [2.45, 2.75) is 51.3 Å². The van der Waals surface area contributed by atoms with Crippen LogP contribution in [0.5, 0.6) is 0 Å². The van der Waals surface area contributed by atoms with E-state index >= 15 is 0 Å². The molecule has 0 aliphatic heterocycles. The highest BCUT2D eigenvalue weighted by atomic mass is 35.5. The second kappa shape index (κ2) is 10.6. The van der Waals surface area contributed by atoms with Crippen LogP contribution in [-0.2, 0) is 5.75 Å². The van der Waals surface area contributed by atoms with Crippen molar-refractivity contribution in [2.24, 2.45) is 0 Å². The van der Waals surface area contributed by atoms with Gasteiger partial charge in [0.25, 0.3) is 0 Å². The predicted molar refractivity (Wildman–Crippen MR) is 89.2 cm³/mol. The number of halogens is 1. The molecule has 108 valence electrons. The minimum atomic E-state index is 0.668. The Hall–Kier alpha value is -0.180. The molecule has 1 nitrogen and oxygen atoms in total. The van der Waals surface area contributed by atoms with Crippen molar-refractivity contribution >= 4 is 23.4 Å². The van der Waals surface area contributed by atoms with E-state index in [4.69, 9.17) is 11.6 Å². The Kier molecular flexibility index (Phi) is 9.40. The normalized spacial score (nSPS) is 12.6. The zero-order valence-electron chi connectivity index (χ0n) is 12.1. The van der Waals surface area contributed by atoms with Gasteiger partial charge in [0.15, 0.2) is 0 Å². The molecule has 0 aliphatic carbocycles. The molecule has 0 saturated heterocycles. The van der Waals surface area contributed by atoms with Gasteiger partial charge in [-0.15, -0.1) is 0 Å². The number of thioether (sulfide) groups is 1. The molecule has 0 saturated carbocycles. The molecule has 0 aliphatic rings. The van der Waals surface area contributed by atoms with E-state index in [1.165, 1.54) is 37.0 Å². The Labute approximate surface area is 127 Å². The molecular formula is C16H26ClNS. The SMILES string of the molecule is CCCNC(C)CCCCSCc1ccc(Cl)cc1. The molecule has 1 aromatic carbocycles. The van der Waals surface area contributed by atoms with Crippen LogP contribution in [0.25, 0.3) is 0 Å². The number of benzene rings is 1. The Morgan fingerprint density at radius 2 is 1.95 bits per heavy atom. The minimum Gasteiger partial charge on any atom is -0.314 e. The summed E-state index contributed by atoms with van der Waals surface area (Å²) in [4.78, 5) is 0. The largest absolute Gasteiger partial charge is 0.314 e. The first-order valence-electron chi connectivity index (χ1n) is 7.28. The van der Waals surface area contributed by atoms with Crippen molar-refractivity contribution < 1.29 is 0 Å². The maximum absolute atomic E-state index is 5.87. The second-order valence-corrected chi connectivity index (χ2v) is 6.57. The van der Waals surface area contributed by atoms with Gasteiger partial charge in [-0.2, -0.15) is 11.8 Å². The van der Waals surface area contributed by atoms with Crippen LogP contribution >= 0.6 is 23.4 Å². The van der Waals surface area contributed by atoms with Crippen LogP contribution < -0.4 is 5.32 Å². The van der Waals surface area contributed by atoms with Crippen molar-refractivity contribution in [1.82, 2.24) is 5.32 Å². The molecule has 19 heavy (non-hydrogen) atoms. The number of rotatable bonds is 10. The lowest BCUT2D eigenvalue weighted by Crippen LogP contribution is -2.26. The molecule has 0 fully saturated rings. The Morgan fingerprint density at radius 3 is 2.63 bits per heavy atom. The quantitative estimate of drug-likeness (QED) is 0.601. The average molecular weight is 300 g/mol. The lowest BCUT2D eigenvalue weighted by Gasteiger charge is -2.12. The lowest BCUT2D eigenvalue weighted by molar-refractivity contribution is 0.496. The van der Waals surface area contributed by atoms with Crippen LogP contribution in [0.2, 0.25) is 5.02 Å². The first-order chi connectivity index (χ1) is 9.22. The van der Waals surface area contributed by atoms with Crippen molar-refractivity contribution in [2.75, 3.05) is 12.3 Å². The maximum Gasteiger partial charge on any atom is 0.0406 e. The Morgan fingerprint density at radius 1 is 1.21 bits per heavy atom. The van der Waals surface area contributed by atoms with E-state index in [9.17, 15) is 0 Å². The molecule has 1 unspecified atom stereocenters. The van der Waals surface area contributed by atoms with Gasteiger partial charge in [0, 0.05) is 16.8 Å². The molecule has 3 heteroatoms. The summed E-state index contributed by atoms with van der Waals surface area (Å²) in [5, 5.41) is 4.36. The standard InChI is InChI=1S/C16H26ClNS/c1-3-11-18-14(2)6-4-5-12-19-13-15-7-9-16(17)10-8-15/h7-10,14,18H,3-6,11-13H2,1-2H3. The van der Waals surface area contributed by atoms with Gasteiger partial charge in [-0.3, -0.25) is 0 Å². The number of nitrogens with one attached hydrogen (secondary N) is 1. The predicted octanol–water partition coefficient (Wildman–Crippen LogP) is 5.13. The van der Waals surface area contributed by atoms with Gasteiger partial charge in [-0.25, -0.2) is 0 Å². The van der Waals surface area contributed by atoms with E-state index in [2.05, 4.69) is 31.3 Å². The summed E-state index contributed by atoms with van der Waals surface area (Å²) in [6.07, 6.45) is 5.16. The summed E-state index contributed by atoms with van der Waals surface area (Å²) >= 11 is 7.89. The van der Waals surface area contributed by atoms with Gasteiger partial charge in [-0.1, -0.05) is 37.1 Å². The highest BCUT2D eigenvalue weighted by Gasteiger charge is 2.00. The molecule has 0 spiro atoms. The molecule has 0 amide bonds. The monoisotopic (exact) mass is 299 g/mol. The van der Waals surface area contributed by atoms with Crippen molar-refractivity contribution in [3.05, 3.63) is 34.9 Å². The van der Waals surface area contributed by atoms with Crippen LogP contribution in [-0.4, -0.2) is 18.3 Å². The summed E-state index contributed by atoms with van der Waals surface area (Å²) < 4.78 is 0. The first kappa shape index (κ1) is 16.9. The molecule has 1 N–H and O–H groups in total. The summed E-state index contributed by atoms with van der Waals surface area (Å²) in [5.41, 5.74) is 1.37. The molecule has 1 rings (SSSR count). The van der Waals surface area contributed by atoms with E-state index in [1.807, 2.05) is 23.9 Å². The minimum absolute atomic E-state index is 0.668. The van der Waals surface area contributed by atoms with Crippen LogP contribution in [0.1, 0.15) is 45.1 Å². The molecule has 0 radical (unpaired) electrons. The molecule has 0 aromatic heterocycles. The van der Waals surface area contributed by atoms with E-state index < -0.39 is 0 Å². The average Bonchev–Trinajstić information content (AvgIpc) is 2.42. The Balaban J connectivity index is 1.98. The highest BCUT2D eigenvalue weighted by molar-refractivity contribution is 7.98. The van der Waals surface area contributed by atoms with Crippen LogP contribution in [0, 0.1) is 0 Å². The van der Waals surface area contributed by atoms with E-state index in [-0.39, 0.29) is 0 Å². The van der Waals surface area contributed by atoms with Crippen LogP contribution in [0.4, 0.5) is 0 Å². The number of hydrogen-bond donors (Lipinski definition) is 1. The molecular weight excluding hydrogens is 274 g/mol. The number of hydrogen-bond acceptors (Lipinski definition) is 2. The molecule has 0 bridgehead atoms. The van der Waals surface area contributed by atoms with Gasteiger partial charge in [0.1, 0.15) is 0 Å². The van der Waals surface area contributed by atoms with Gasteiger partial charge >= 0.3 is 0 Å². The summed E-state index contributed by atoms with van der Waals surface area (Å²) in [6.45, 7) is 5.65. The van der Waals surface area contributed by atoms with Gasteiger partial charge in [0.05, 0.1) is 0 Å². The van der Waals surface area contributed by atoms with Crippen molar-refractivity contribution in [1.29, 1.82) is 0 Å². The smallest absolute Gasteiger partial charge is 0.0406 e. The maximum atomic E-state index is 5.87. The van der Waals surface area contributed by atoms with Gasteiger partial charge in [-0.05, 0) is 56.2 Å². The van der Waals surface area contributed by atoms with Gasteiger partial charge < -0.3 is 5.32 Å². The fraction of sp³-hybridized carbons (Fsp3) is 0.625. The molecule has 0 heterocycles. The summed E-state index contributed by atoms with van der Waals surface area (Å²) in [6, 6.07) is 8.84. The molecule has 1 aromatic rings. The second-order valence-electron chi connectivity index (χ2n) is 5.03. The summed E-state index contributed by atoms with van der Waals surface area (Å²) in [7, 11) is 0. The van der Waals surface area contributed by atoms with Crippen molar-refractivity contribution in [3.8, 4) is 0 Å². The topological polar surface area (TPSA) is 12.0 Å².